The van der Waals surface area contributed by atoms with Crippen LogP contribution in [-0.2, 0) is 9.47 Å². The highest BCUT2D eigenvalue weighted by Crippen LogP contribution is 2.22. The number of hydrogen-bond acceptors (Lipinski definition) is 4. The third kappa shape index (κ3) is 8.97. The van der Waals surface area contributed by atoms with Crippen LogP contribution in [0, 0.1) is 0 Å². The number of ether oxygens (including phenoxy) is 2. The lowest BCUT2D eigenvalue weighted by Crippen LogP contribution is -2.24. The van der Waals surface area contributed by atoms with Crippen molar-refractivity contribution in [3.05, 3.63) is 16.8 Å². The Hall–Kier alpha value is -0.0300. The van der Waals surface area contributed by atoms with Gasteiger partial charge in [0.05, 0.1) is 18.8 Å². The van der Waals surface area contributed by atoms with Crippen molar-refractivity contribution >= 4 is 23.1 Å². The number of rotatable bonds is 8. The van der Waals surface area contributed by atoms with Crippen molar-refractivity contribution in [2.24, 2.45) is 0 Å². The minimum absolute atomic E-state index is 0.192. The van der Waals surface area contributed by atoms with Gasteiger partial charge < -0.3 is 9.47 Å². The third-order valence-electron chi connectivity index (χ3n) is 1.95. The molecule has 0 amide bonds. The van der Waals surface area contributed by atoms with E-state index < -0.39 is 0 Å². The fraction of sp³-hybridized carbons (Fsp3) is 0.714. The SMILES string of the molecule is CC.CCOC(COC(C)C)CSc1ccsc1. The zero-order valence-corrected chi connectivity index (χ0v) is 13.8. The molecule has 0 bridgehead atoms. The van der Waals surface area contributed by atoms with Crippen molar-refractivity contribution < 1.29 is 9.47 Å². The molecule has 106 valence electrons. The summed E-state index contributed by atoms with van der Waals surface area (Å²) in [6.07, 6.45) is 0.464. The van der Waals surface area contributed by atoms with Gasteiger partial charge in [0, 0.05) is 22.6 Å². The van der Waals surface area contributed by atoms with E-state index in [0.29, 0.717) is 6.61 Å². The monoisotopic (exact) mass is 290 g/mol. The molecule has 0 aromatic carbocycles. The molecule has 4 heteroatoms. The van der Waals surface area contributed by atoms with Gasteiger partial charge in [0.15, 0.2) is 0 Å². The average Bonchev–Trinajstić information content (AvgIpc) is 2.88. The maximum atomic E-state index is 5.65. The summed E-state index contributed by atoms with van der Waals surface area (Å²) in [4.78, 5) is 1.32. The third-order valence-corrected chi connectivity index (χ3v) is 3.91. The molecule has 0 N–H and O–H groups in total. The van der Waals surface area contributed by atoms with E-state index in [1.807, 2.05) is 32.5 Å². The van der Waals surface area contributed by atoms with Gasteiger partial charge in [0.2, 0.25) is 0 Å². The van der Waals surface area contributed by atoms with Gasteiger partial charge in [0.25, 0.3) is 0 Å². The van der Waals surface area contributed by atoms with E-state index in [-0.39, 0.29) is 12.2 Å². The summed E-state index contributed by atoms with van der Waals surface area (Å²) in [5.74, 6) is 0.956. The van der Waals surface area contributed by atoms with Crippen LogP contribution in [0.5, 0.6) is 0 Å². The fourth-order valence-corrected chi connectivity index (χ4v) is 2.98. The predicted octanol–water partition coefficient (Wildman–Crippen LogP) is 4.70. The van der Waals surface area contributed by atoms with Crippen molar-refractivity contribution in [2.75, 3.05) is 19.0 Å². The van der Waals surface area contributed by atoms with Gasteiger partial charge in [-0.1, -0.05) is 13.8 Å². The van der Waals surface area contributed by atoms with Gasteiger partial charge in [-0.2, -0.15) is 11.3 Å². The highest BCUT2D eigenvalue weighted by atomic mass is 32.2. The van der Waals surface area contributed by atoms with Gasteiger partial charge in [-0.25, -0.2) is 0 Å². The van der Waals surface area contributed by atoms with Gasteiger partial charge >= 0.3 is 0 Å². The van der Waals surface area contributed by atoms with E-state index in [4.69, 9.17) is 9.47 Å². The second kappa shape index (κ2) is 12.0. The summed E-state index contributed by atoms with van der Waals surface area (Å²) in [6, 6.07) is 2.14. The molecule has 1 aromatic rings. The summed E-state index contributed by atoms with van der Waals surface area (Å²) < 4.78 is 11.2. The van der Waals surface area contributed by atoms with Gasteiger partial charge in [-0.3, -0.25) is 0 Å². The van der Waals surface area contributed by atoms with Crippen LogP contribution in [0.25, 0.3) is 0 Å². The number of thioether (sulfide) groups is 1. The van der Waals surface area contributed by atoms with Gasteiger partial charge in [-0.15, -0.1) is 11.8 Å². The van der Waals surface area contributed by atoms with Crippen LogP contribution in [0.4, 0.5) is 0 Å². The standard InChI is InChI=1S/C12H20O2S2.C2H6/c1-4-13-11(7-14-10(2)3)8-16-12-5-6-15-9-12;1-2/h5-6,9-11H,4,7-8H2,1-3H3;1-2H3. The molecule has 0 fully saturated rings. The molecule has 0 saturated carbocycles. The highest BCUT2D eigenvalue weighted by molar-refractivity contribution is 7.99. The first kappa shape index (κ1) is 18.0. The minimum Gasteiger partial charge on any atom is -0.376 e. The average molecular weight is 290 g/mol. The summed E-state index contributed by atoms with van der Waals surface area (Å²) in [6.45, 7) is 11.6. The normalized spacial score (nSPS) is 12.1. The van der Waals surface area contributed by atoms with E-state index in [0.717, 1.165) is 12.4 Å². The molecule has 1 heterocycles. The molecular weight excluding hydrogens is 264 g/mol. The van der Waals surface area contributed by atoms with Gasteiger partial charge in [0.1, 0.15) is 0 Å². The Bertz CT molecular complexity index is 261. The smallest absolute Gasteiger partial charge is 0.0902 e. The second-order valence-electron chi connectivity index (χ2n) is 3.73. The largest absolute Gasteiger partial charge is 0.376 e. The number of hydrogen-bond donors (Lipinski definition) is 0. The van der Waals surface area contributed by atoms with Crippen molar-refractivity contribution in [3.63, 3.8) is 0 Å². The molecule has 18 heavy (non-hydrogen) atoms. The van der Waals surface area contributed by atoms with Crippen LogP contribution in [-0.4, -0.2) is 31.2 Å². The Morgan fingerprint density at radius 2 is 2.00 bits per heavy atom. The van der Waals surface area contributed by atoms with Crippen molar-refractivity contribution in [2.45, 2.75) is 51.7 Å². The van der Waals surface area contributed by atoms with Crippen LogP contribution in [0.1, 0.15) is 34.6 Å². The molecular formula is C14H26O2S2. The van der Waals surface area contributed by atoms with Crippen molar-refractivity contribution in [1.82, 2.24) is 0 Å². The molecule has 0 spiro atoms. The van der Waals surface area contributed by atoms with Crippen LogP contribution in [0.2, 0.25) is 0 Å². The molecule has 0 aliphatic carbocycles. The maximum Gasteiger partial charge on any atom is 0.0902 e. The lowest BCUT2D eigenvalue weighted by molar-refractivity contribution is -0.0201. The Morgan fingerprint density at radius 3 is 2.50 bits per heavy atom. The van der Waals surface area contributed by atoms with Crippen LogP contribution in [0.3, 0.4) is 0 Å². The highest BCUT2D eigenvalue weighted by Gasteiger charge is 2.10. The summed E-state index contributed by atoms with van der Waals surface area (Å²) in [7, 11) is 0. The Labute approximate surface area is 120 Å². The lowest BCUT2D eigenvalue weighted by atomic mass is 10.4. The van der Waals surface area contributed by atoms with E-state index in [9.17, 15) is 0 Å². The molecule has 0 radical (unpaired) electrons. The van der Waals surface area contributed by atoms with Crippen molar-refractivity contribution in [3.8, 4) is 0 Å². The van der Waals surface area contributed by atoms with E-state index in [2.05, 4.69) is 30.7 Å². The second-order valence-corrected chi connectivity index (χ2v) is 5.60. The zero-order valence-electron chi connectivity index (χ0n) is 12.1. The topological polar surface area (TPSA) is 18.5 Å². The predicted molar refractivity (Wildman–Crippen MR) is 82.9 cm³/mol. The molecule has 0 aliphatic heterocycles. The molecule has 1 rings (SSSR count). The molecule has 1 atom stereocenters. The molecule has 1 unspecified atom stereocenters. The van der Waals surface area contributed by atoms with E-state index in [1.165, 1.54) is 4.90 Å². The fourth-order valence-electron chi connectivity index (χ4n) is 1.20. The van der Waals surface area contributed by atoms with Crippen LogP contribution >= 0.6 is 23.1 Å². The summed E-state index contributed by atoms with van der Waals surface area (Å²) in [5.41, 5.74) is 0. The van der Waals surface area contributed by atoms with E-state index in [1.54, 1.807) is 11.3 Å². The van der Waals surface area contributed by atoms with Crippen LogP contribution < -0.4 is 0 Å². The first-order valence-corrected chi connectivity index (χ1v) is 8.53. The first-order valence-electron chi connectivity index (χ1n) is 6.60. The van der Waals surface area contributed by atoms with Gasteiger partial charge in [-0.05, 0) is 32.2 Å². The summed E-state index contributed by atoms with van der Waals surface area (Å²) >= 11 is 3.56. The van der Waals surface area contributed by atoms with E-state index >= 15 is 0 Å². The Balaban J connectivity index is 0.00000137. The molecule has 1 aromatic heterocycles. The van der Waals surface area contributed by atoms with Crippen molar-refractivity contribution in [1.29, 1.82) is 0 Å². The Morgan fingerprint density at radius 1 is 1.28 bits per heavy atom. The Kier molecular flexibility index (Phi) is 12.0. The molecule has 0 aliphatic rings. The summed E-state index contributed by atoms with van der Waals surface area (Å²) in [5, 5.41) is 4.26. The maximum absolute atomic E-state index is 5.65. The van der Waals surface area contributed by atoms with Crippen LogP contribution in [0.15, 0.2) is 21.7 Å². The first-order chi connectivity index (χ1) is 8.72. The molecule has 0 saturated heterocycles. The quantitative estimate of drug-likeness (QED) is 0.647. The number of thiophene rings is 1. The minimum atomic E-state index is 0.192. The molecule has 2 nitrogen and oxygen atoms in total. The lowest BCUT2D eigenvalue weighted by Gasteiger charge is -2.18. The zero-order chi connectivity index (χ0) is 13.8.